The zero-order chi connectivity index (χ0) is 20.4. The minimum Gasteiger partial charge on any atom is -0.268 e. The van der Waals surface area contributed by atoms with Crippen molar-refractivity contribution in [3.63, 3.8) is 0 Å². The maximum absolute atomic E-state index is 13.4. The van der Waals surface area contributed by atoms with Crippen molar-refractivity contribution < 1.29 is 0 Å². The van der Waals surface area contributed by atoms with Gasteiger partial charge in [0.2, 0.25) is 0 Å². The molecule has 0 bridgehead atoms. The molecule has 3 aromatic carbocycles. The first kappa shape index (κ1) is 19.3. The Kier molecular flexibility index (Phi) is 5.39. The fraction of sp³-hybridized carbons (Fsp3) is 0.0870. The van der Waals surface area contributed by atoms with Crippen molar-refractivity contribution >= 4 is 34.3 Å². The third-order valence-electron chi connectivity index (χ3n) is 4.65. The molecular weight excluding hydrogens is 402 g/mol. The van der Waals surface area contributed by atoms with Crippen LogP contribution in [0.15, 0.2) is 76.7 Å². The molecule has 4 rings (SSSR count). The molecule has 0 unspecified atom stereocenters. The molecule has 4 nitrogen and oxygen atoms in total. The molecule has 0 radical (unpaired) electrons. The van der Waals surface area contributed by atoms with Gasteiger partial charge in [-0.1, -0.05) is 59.8 Å². The maximum atomic E-state index is 13.4. The lowest BCUT2D eigenvalue weighted by atomic mass is 10.1. The second-order valence-electron chi connectivity index (χ2n) is 6.54. The molecule has 4 aromatic rings. The van der Waals surface area contributed by atoms with E-state index in [2.05, 4.69) is 6.07 Å². The number of para-hydroxylation sites is 1. The maximum Gasteiger partial charge on any atom is 0.266 e. The monoisotopic (exact) mass is 417 g/mol. The van der Waals surface area contributed by atoms with Crippen LogP contribution in [0.25, 0.3) is 16.6 Å². The summed E-state index contributed by atoms with van der Waals surface area (Å²) in [6.45, 7) is 1.97. The molecule has 0 amide bonds. The van der Waals surface area contributed by atoms with Gasteiger partial charge >= 0.3 is 0 Å². The number of hydrogen-bond acceptors (Lipinski definition) is 4. The number of rotatable bonds is 4. The smallest absolute Gasteiger partial charge is 0.266 e. The summed E-state index contributed by atoms with van der Waals surface area (Å²) in [6.07, 6.45) is 0. The first-order chi connectivity index (χ1) is 14.1. The number of hydrogen-bond donors (Lipinski definition) is 0. The first-order valence-electron chi connectivity index (χ1n) is 8.97. The quantitative estimate of drug-likeness (QED) is 0.324. The van der Waals surface area contributed by atoms with Gasteiger partial charge in [-0.2, -0.15) is 5.26 Å². The molecule has 6 heteroatoms. The van der Waals surface area contributed by atoms with E-state index in [0.717, 1.165) is 16.8 Å². The highest BCUT2D eigenvalue weighted by molar-refractivity contribution is 7.98. The van der Waals surface area contributed by atoms with Crippen LogP contribution in [0.2, 0.25) is 5.02 Å². The van der Waals surface area contributed by atoms with E-state index in [-0.39, 0.29) is 5.56 Å². The SMILES string of the molecule is Cc1ccccc1-n1c(SCc2ccccc2C#N)nc2cc(Cl)ccc2c1=O. The summed E-state index contributed by atoms with van der Waals surface area (Å²) >= 11 is 7.55. The predicted octanol–water partition coefficient (Wildman–Crippen LogP) is 5.51. The van der Waals surface area contributed by atoms with Crippen LogP contribution in [-0.2, 0) is 5.75 Å². The molecule has 0 aliphatic heterocycles. The number of fused-ring (bicyclic) bond motifs is 1. The van der Waals surface area contributed by atoms with Gasteiger partial charge < -0.3 is 0 Å². The molecule has 1 aromatic heterocycles. The molecule has 29 heavy (non-hydrogen) atoms. The van der Waals surface area contributed by atoms with Crippen LogP contribution in [0.3, 0.4) is 0 Å². The second-order valence-corrected chi connectivity index (χ2v) is 7.92. The van der Waals surface area contributed by atoms with Crippen LogP contribution in [0.1, 0.15) is 16.7 Å². The molecule has 0 aliphatic carbocycles. The largest absolute Gasteiger partial charge is 0.268 e. The fourth-order valence-corrected chi connectivity index (χ4v) is 4.34. The van der Waals surface area contributed by atoms with Gasteiger partial charge in [0.05, 0.1) is 28.2 Å². The number of aryl methyl sites for hydroxylation is 1. The second kappa shape index (κ2) is 8.12. The van der Waals surface area contributed by atoms with Gasteiger partial charge in [0.25, 0.3) is 5.56 Å². The molecule has 0 saturated carbocycles. The molecule has 142 valence electrons. The highest BCUT2D eigenvalue weighted by Crippen LogP contribution is 2.27. The van der Waals surface area contributed by atoms with E-state index in [4.69, 9.17) is 16.6 Å². The Morgan fingerprint density at radius 1 is 1.10 bits per heavy atom. The summed E-state index contributed by atoms with van der Waals surface area (Å²) in [5.41, 5.74) is 3.70. The third-order valence-corrected chi connectivity index (χ3v) is 5.87. The summed E-state index contributed by atoms with van der Waals surface area (Å²) in [5, 5.41) is 11.0. The molecule has 0 saturated heterocycles. The van der Waals surface area contributed by atoms with Gasteiger partial charge in [0, 0.05) is 10.8 Å². The molecule has 0 fully saturated rings. The van der Waals surface area contributed by atoms with Crippen molar-refractivity contribution in [1.29, 1.82) is 5.26 Å². The summed E-state index contributed by atoms with van der Waals surface area (Å²) < 4.78 is 1.64. The van der Waals surface area contributed by atoms with Crippen LogP contribution in [0.5, 0.6) is 0 Å². The van der Waals surface area contributed by atoms with E-state index in [1.807, 2.05) is 49.4 Å². The fourth-order valence-electron chi connectivity index (χ4n) is 3.16. The number of benzene rings is 3. The predicted molar refractivity (Wildman–Crippen MR) is 118 cm³/mol. The Hall–Kier alpha value is -3.07. The number of halogens is 1. The van der Waals surface area contributed by atoms with Crippen LogP contribution in [-0.4, -0.2) is 9.55 Å². The van der Waals surface area contributed by atoms with Crippen LogP contribution in [0, 0.1) is 18.3 Å². The van der Waals surface area contributed by atoms with Crippen molar-refractivity contribution in [2.45, 2.75) is 17.8 Å². The molecule has 1 heterocycles. The summed E-state index contributed by atoms with van der Waals surface area (Å²) in [6, 6.07) is 22.5. The minimum absolute atomic E-state index is 0.142. The van der Waals surface area contributed by atoms with E-state index in [0.29, 0.717) is 32.4 Å². The highest BCUT2D eigenvalue weighted by Gasteiger charge is 2.15. The lowest BCUT2D eigenvalue weighted by Gasteiger charge is -2.15. The first-order valence-corrected chi connectivity index (χ1v) is 10.3. The molecule has 0 N–H and O–H groups in total. The van der Waals surface area contributed by atoms with E-state index in [1.54, 1.807) is 28.8 Å². The summed E-state index contributed by atoms with van der Waals surface area (Å²) in [4.78, 5) is 18.1. The minimum atomic E-state index is -0.142. The van der Waals surface area contributed by atoms with Crippen molar-refractivity contribution in [3.05, 3.63) is 98.8 Å². The van der Waals surface area contributed by atoms with Gasteiger partial charge in [-0.25, -0.2) is 4.98 Å². The van der Waals surface area contributed by atoms with E-state index in [9.17, 15) is 10.1 Å². The van der Waals surface area contributed by atoms with Gasteiger partial charge in [0.15, 0.2) is 5.16 Å². The van der Waals surface area contributed by atoms with E-state index in [1.165, 1.54) is 11.8 Å². The van der Waals surface area contributed by atoms with Crippen LogP contribution in [0.4, 0.5) is 0 Å². The Balaban J connectivity index is 1.89. The number of nitriles is 1. The van der Waals surface area contributed by atoms with Crippen molar-refractivity contribution in [3.8, 4) is 11.8 Å². The standard InChI is InChI=1S/C23H16ClN3OS/c1-15-6-2-5-9-21(15)27-22(28)19-11-10-18(24)12-20(19)26-23(27)29-14-17-8-4-3-7-16(17)13-25/h2-12H,14H2,1H3. The van der Waals surface area contributed by atoms with Gasteiger partial charge in [0.1, 0.15) is 0 Å². The Bertz CT molecular complexity index is 1320. The Labute approximate surface area is 177 Å². The van der Waals surface area contributed by atoms with Crippen LogP contribution >= 0.6 is 23.4 Å². The normalized spacial score (nSPS) is 10.8. The van der Waals surface area contributed by atoms with Gasteiger partial charge in [-0.15, -0.1) is 0 Å². The molecule has 0 spiro atoms. The number of aromatic nitrogens is 2. The zero-order valence-corrected chi connectivity index (χ0v) is 17.2. The highest BCUT2D eigenvalue weighted by atomic mass is 35.5. The summed E-state index contributed by atoms with van der Waals surface area (Å²) in [7, 11) is 0. The number of thioether (sulfide) groups is 1. The third kappa shape index (κ3) is 3.77. The lowest BCUT2D eigenvalue weighted by molar-refractivity contribution is 0.814. The lowest BCUT2D eigenvalue weighted by Crippen LogP contribution is -2.22. The topological polar surface area (TPSA) is 58.7 Å². The van der Waals surface area contributed by atoms with Crippen molar-refractivity contribution in [1.82, 2.24) is 9.55 Å². The average Bonchev–Trinajstić information content (AvgIpc) is 2.73. The van der Waals surface area contributed by atoms with Gasteiger partial charge in [-0.3, -0.25) is 9.36 Å². The molecule has 0 aliphatic rings. The average molecular weight is 418 g/mol. The zero-order valence-electron chi connectivity index (χ0n) is 15.6. The van der Waals surface area contributed by atoms with Crippen molar-refractivity contribution in [2.24, 2.45) is 0 Å². The molecule has 0 atom stereocenters. The van der Waals surface area contributed by atoms with E-state index < -0.39 is 0 Å². The van der Waals surface area contributed by atoms with Gasteiger partial charge in [-0.05, 0) is 48.4 Å². The summed E-state index contributed by atoms with van der Waals surface area (Å²) in [5.74, 6) is 0.522. The Morgan fingerprint density at radius 3 is 2.66 bits per heavy atom. The number of nitrogens with zero attached hydrogens (tertiary/aromatic N) is 3. The van der Waals surface area contributed by atoms with E-state index >= 15 is 0 Å². The Morgan fingerprint density at radius 2 is 1.86 bits per heavy atom. The molecular formula is C23H16ClN3OS. The van der Waals surface area contributed by atoms with Crippen molar-refractivity contribution in [2.75, 3.05) is 0 Å². The van der Waals surface area contributed by atoms with Crippen LogP contribution < -0.4 is 5.56 Å².